The number of aliphatic hydroxyl groups is 1. The Bertz CT molecular complexity index is 1000. The van der Waals surface area contributed by atoms with Gasteiger partial charge in [0.15, 0.2) is 17.5 Å². The zero-order chi connectivity index (χ0) is 19.2. The van der Waals surface area contributed by atoms with Gasteiger partial charge in [-0.2, -0.15) is 0 Å². The summed E-state index contributed by atoms with van der Waals surface area (Å²) in [6.07, 6.45) is 1.85. The summed E-state index contributed by atoms with van der Waals surface area (Å²) in [5, 5.41) is 11.8. The van der Waals surface area contributed by atoms with E-state index in [2.05, 4.69) is 11.6 Å². The minimum absolute atomic E-state index is 0.406. The molecule has 5 nitrogen and oxygen atoms in total. The molecule has 0 bridgehead atoms. The second-order valence-electron chi connectivity index (χ2n) is 6.56. The maximum absolute atomic E-state index is 11.3. The SMILES string of the molecule is C=CC1(OCC)c2ccn3c(Cl)c(C)nc3c2O[C@H](c2ccccc2)C1O. The fourth-order valence-electron chi connectivity index (χ4n) is 3.75. The summed E-state index contributed by atoms with van der Waals surface area (Å²) in [5.74, 6) is 0.542. The van der Waals surface area contributed by atoms with Crippen LogP contribution in [-0.2, 0) is 10.3 Å². The molecule has 0 saturated heterocycles. The molecule has 1 aromatic carbocycles. The van der Waals surface area contributed by atoms with Gasteiger partial charge in [0.25, 0.3) is 0 Å². The molecule has 3 heterocycles. The van der Waals surface area contributed by atoms with Gasteiger partial charge in [0.2, 0.25) is 0 Å². The highest BCUT2D eigenvalue weighted by atomic mass is 35.5. The minimum Gasteiger partial charge on any atom is -0.479 e. The molecule has 0 saturated carbocycles. The van der Waals surface area contributed by atoms with Gasteiger partial charge < -0.3 is 14.6 Å². The number of nitrogens with zero attached hydrogens (tertiary/aromatic N) is 2. The number of benzene rings is 1. The Labute approximate surface area is 162 Å². The number of imidazole rings is 1. The van der Waals surface area contributed by atoms with E-state index < -0.39 is 17.8 Å². The van der Waals surface area contributed by atoms with Crippen LogP contribution >= 0.6 is 11.6 Å². The van der Waals surface area contributed by atoms with E-state index in [0.717, 1.165) is 5.56 Å². The lowest BCUT2D eigenvalue weighted by Crippen LogP contribution is -2.49. The number of aromatic nitrogens is 2. The third kappa shape index (κ3) is 2.57. The number of pyridine rings is 1. The van der Waals surface area contributed by atoms with E-state index in [4.69, 9.17) is 21.1 Å². The predicted octanol–water partition coefficient (Wildman–Crippen LogP) is 4.21. The van der Waals surface area contributed by atoms with Crippen LogP contribution in [0.3, 0.4) is 0 Å². The first-order valence-corrected chi connectivity index (χ1v) is 9.26. The van der Waals surface area contributed by atoms with Gasteiger partial charge >= 0.3 is 0 Å². The highest BCUT2D eigenvalue weighted by Crippen LogP contribution is 2.49. The molecule has 0 spiro atoms. The number of halogens is 1. The van der Waals surface area contributed by atoms with E-state index in [1.54, 1.807) is 10.5 Å². The Balaban J connectivity index is 2.00. The van der Waals surface area contributed by atoms with Gasteiger partial charge in [0.1, 0.15) is 16.9 Å². The summed E-state index contributed by atoms with van der Waals surface area (Å²) < 4.78 is 14.1. The normalized spacial score (nSPS) is 24.4. The molecule has 1 N–H and O–H groups in total. The van der Waals surface area contributed by atoms with Gasteiger partial charge in [-0.15, -0.1) is 0 Å². The van der Waals surface area contributed by atoms with Crippen LogP contribution in [0, 0.1) is 6.92 Å². The lowest BCUT2D eigenvalue weighted by molar-refractivity contribution is -0.146. The fraction of sp³-hybridized carbons (Fsp3) is 0.286. The molecular weight excluding hydrogens is 364 g/mol. The molecule has 0 amide bonds. The van der Waals surface area contributed by atoms with E-state index in [1.807, 2.05) is 56.4 Å². The molecule has 3 aromatic rings. The molecule has 4 rings (SSSR count). The number of aryl methyl sites for hydroxylation is 1. The van der Waals surface area contributed by atoms with E-state index >= 15 is 0 Å². The maximum Gasteiger partial charge on any atom is 0.181 e. The summed E-state index contributed by atoms with van der Waals surface area (Å²) in [7, 11) is 0. The Kier molecular flexibility index (Phi) is 4.46. The molecule has 6 heteroatoms. The van der Waals surface area contributed by atoms with Crippen LogP contribution in [0.25, 0.3) is 5.65 Å². The van der Waals surface area contributed by atoms with Gasteiger partial charge in [0.05, 0.1) is 5.69 Å². The number of aliphatic hydroxyl groups excluding tert-OH is 1. The Morgan fingerprint density at radius 2 is 2.11 bits per heavy atom. The highest BCUT2D eigenvalue weighted by Gasteiger charge is 2.50. The van der Waals surface area contributed by atoms with Crippen molar-refractivity contribution in [1.82, 2.24) is 9.38 Å². The summed E-state index contributed by atoms with van der Waals surface area (Å²) in [6.45, 7) is 8.10. The average Bonchev–Trinajstić information content (AvgIpc) is 2.99. The molecule has 1 aliphatic rings. The molecule has 27 heavy (non-hydrogen) atoms. The van der Waals surface area contributed by atoms with Crippen molar-refractivity contribution in [2.24, 2.45) is 0 Å². The van der Waals surface area contributed by atoms with Crippen molar-refractivity contribution < 1.29 is 14.6 Å². The largest absolute Gasteiger partial charge is 0.479 e. The van der Waals surface area contributed by atoms with Crippen molar-refractivity contribution >= 4 is 17.2 Å². The minimum atomic E-state index is -1.11. The van der Waals surface area contributed by atoms with Gasteiger partial charge in [-0.25, -0.2) is 4.98 Å². The van der Waals surface area contributed by atoms with E-state index in [9.17, 15) is 5.11 Å². The van der Waals surface area contributed by atoms with E-state index in [0.29, 0.717) is 34.4 Å². The molecule has 0 fully saturated rings. The van der Waals surface area contributed by atoms with Gasteiger partial charge in [-0.1, -0.05) is 54.6 Å². The van der Waals surface area contributed by atoms with Crippen LogP contribution < -0.4 is 4.74 Å². The Morgan fingerprint density at radius 1 is 1.37 bits per heavy atom. The quantitative estimate of drug-likeness (QED) is 0.684. The monoisotopic (exact) mass is 384 g/mol. The Hall–Kier alpha value is -2.34. The fourth-order valence-corrected chi connectivity index (χ4v) is 3.93. The second-order valence-corrected chi connectivity index (χ2v) is 6.92. The third-order valence-corrected chi connectivity index (χ3v) is 5.51. The van der Waals surface area contributed by atoms with Crippen molar-refractivity contribution in [1.29, 1.82) is 0 Å². The standard InChI is InChI=1S/C21H21ClN2O3/c1-4-21(26-5-2)15-11-12-24-19(22)13(3)23-20(24)17(15)27-16(18(21)25)14-9-7-6-8-10-14/h4,6-12,16,18,25H,1,5H2,2-3H3/t16-,18?,21?/m1/s1. The number of fused-ring (bicyclic) bond motifs is 3. The van der Waals surface area contributed by atoms with Gasteiger partial charge in [-0.3, -0.25) is 4.40 Å². The number of rotatable bonds is 4. The van der Waals surface area contributed by atoms with Crippen LogP contribution in [0.2, 0.25) is 5.15 Å². The van der Waals surface area contributed by atoms with E-state index in [-0.39, 0.29) is 0 Å². The van der Waals surface area contributed by atoms with Crippen LogP contribution in [0.15, 0.2) is 55.3 Å². The van der Waals surface area contributed by atoms with Crippen molar-refractivity contribution in [3.8, 4) is 5.75 Å². The molecule has 1 aliphatic heterocycles. The molecule has 140 valence electrons. The smallest absolute Gasteiger partial charge is 0.181 e. The van der Waals surface area contributed by atoms with Crippen LogP contribution in [0.1, 0.15) is 29.8 Å². The topological polar surface area (TPSA) is 56.0 Å². The first kappa shape index (κ1) is 18.0. The highest BCUT2D eigenvalue weighted by molar-refractivity contribution is 6.30. The molecule has 0 radical (unpaired) electrons. The maximum atomic E-state index is 11.3. The van der Waals surface area contributed by atoms with Gasteiger partial charge in [0, 0.05) is 18.4 Å². The molecular formula is C21H21ClN2O3. The first-order chi connectivity index (χ1) is 13.0. The zero-order valence-electron chi connectivity index (χ0n) is 15.2. The summed E-state index contributed by atoms with van der Waals surface area (Å²) in [6, 6.07) is 11.4. The zero-order valence-corrected chi connectivity index (χ0v) is 16.0. The van der Waals surface area contributed by atoms with E-state index in [1.165, 1.54) is 0 Å². The van der Waals surface area contributed by atoms with Crippen LogP contribution in [0.4, 0.5) is 0 Å². The summed E-state index contributed by atoms with van der Waals surface area (Å²) >= 11 is 6.38. The average molecular weight is 385 g/mol. The van der Waals surface area contributed by atoms with Crippen molar-refractivity contribution in [2.75, 3.05) is 6.61 Å². The number of hydrogen-bond acceptors (Lipinski definition) is 4. The van der Waals surface area contributed by atoms with Crippen LogP contribution in [-0.4, -0.2) is 27.2 Å². The summed E-state index contributed by atoms with van der Waals surface area (Å²) in [4.78, 5) is 4.57. The molecule has 0 aliphatic carbocycles. The third-order valence-electron chi connectivity index (χ3n) is 5.06. The lowest BCUT2D eigenvalue weighted by atomic mass is 9.80. The predicted molar refractivity (Wildman–Crippen MR) is 104 cm³/mol. The van der Waals surface area contributed by atoms with Crippen molar-refractivity contribution in [2.45, 2.75) is 31.7 Å². The lowest BCUT2D eigenvalue weighted by Gasteiger charge is -2.44. The van der Waals surface area contributed by atoms with Crippen molar-refractivity contribution in [3.63, 3.8) is 0 Å². The summed E-state index contributed by atoms with van der Waals surface area (Å²) in [5.41, 5.74) is 1.72. The number of hydrogen-bond donors (Lipinski definition) is 1. The molecule has 2 unspecified atom stereocenters. The number of ether oxygens (including phenoxy) is 2. The Morgan fingerprint density at radius 3 is 2.78 bits per heavy atom. The van der Waals surface area contributed by atoms with Crippen LogP contribution in [0.5, 0.6) is 5.75 Å². The second kappa shape index (κ2) is 6.68. The molecule has 2 aromatic heterocycles. The van der Waals surface area contributed by atoms with Crippen molar-refractivity contribution in [3.05, 3.63) is 77.2 Å². The first-order valence-electron chi connectivity index (χ1n) is 8.88. The molecule has 3 atom stereocenters. The van der Waals surface area contributed by atoms with Gasteiger partial charge in [-0.05, 0) is 25.5 Å².